The topological polar surface area (TPSA) is 33.2 Å². The van der Waals surface area contributed by atoms with E-state index in [1.807, 2.05) is 12.4 Å². The molecule has 1 aromatic rings. The van der Waals surface area contributed by atoms with Crippen molar-refractivity contribution in [2.45, 2.75) is 19.8 Å². The molecule has 0 amide bonds. The minimum absolute atomic E-state index is 0.217. The number of carbonyl (C=O) groups excluding carboxylic acids is 1. The van der Waals surface area contributed by atoms with E-state index in [-0.39, 0.29) is 5.92 Å². The first-order valence-corrected chi connectivity index (χ1v) is 6.32. The minimum Gasteiger partial charge on any atom is -0.302 e. The number of hydrogen-bond donors (Lipinski definition) is 0. The van der Waals surface area contributed by atoms with Crippen molar-refractivity contribution in [1.82, 2.24) is 9.88 Å². The Morgan fingerprint density at radius 1 is 1.67 bits per heavy atom. The molecule has 2 heterocycles. The molecule has 1 fully saturated rings. The summed E-state index contributed by atoms with van der Waals surface area (Å²) < 4.78 is 0. The van der Waals surface area contributed by atoms with E-state index in [9.17, 15) is 4.79 Å². The van der Waals surface area contributed by atoms with Crippen LogP contribution in [0.25, 0.3) is 0 Å². The first kappa shape index (κ1) is 10.8. The highest BCUT2D eigenvalue weighted by atomic mass is 32.1. The zero-order valence-electron chi connectivity index (χ0n) is 8.98. The lowest BCUT2D eigenvalue weighted by molar-refractivity contribution is -0.125. The van der Waals surface area contributed by atoms with Gasteiger partial charge in [-0.15, -0.1) is 11.3 Å². The number of Topliss-reactive ketones (excluding diaryl/α,β-unsaturated/α-hetero) is 1. The molecule has 0 radical (unpaired) electrons. The van der Waals surface area contributed by atoms with Crippen LogP contribution in [0, 0.1) is 5.92 Å². The molecule has 0 aromatic carbocycles. The van der Waals surface area contributed by atoms with Gasteiger partial charge in [-0.1, -0.05) is 6.92 Å². The van der Waals surface area contributed by atoms with Crippen LogP contribution < -0.4 is 0 Å². The Balaban J connectivity index is 1.78. The monoisotopic (exact) mass is 224 g/mol. The predicted octanol–water partition coefficient (Wildman–Crippen LogP) is 1.60. The van der Waals surface area contributed by atoms with Gasteiger partial charge in [0, 0.05) is 43.8 Å². The summed E-state index contributed by atoms with van der Waals surface area (Å²) in [5.41, 5.74) is 3.04. The van der Waals surface area contributed by atoms with Gasteiger partial charge in [-0.2, -0.15) is 0 Å². The van der Waals surface area contributed by atoms with Crippen molar-refractivity contribution in [2.75, 3.05) is 19.6 Å². The van der Waals surface area contributed by atoms with Gasteiger partial charge in [0.25, 0.3) is 0 Å². The van der Waals surface area contributed by atoms with E-state index in [0.717, 1.165) is 32.5 Å². The lowest BCUT2D eigenvalue weighted by Crippen LogP contribution is -2.40. The SMILES string of the molecule is CC1CN(CCc2cscn2)CCC1=O. The number of hydrogen-bond acceptors (Lipinski definition) is 4. The first-order valence-electron chi connectivity index (χ1n) is 5.38. The zero-order chi connectivity index (χ0) is 10.7. The zero-order valence-corrected chi connectivity index (χ0v) is 9.80. The Hall–Kier alpha value is -0.740. The maximum atomic E-state index is 11.3. The molecule has 0 saturated carbocycles. The molecule has 1 atom stereocenters. The number of carbonyl (C=O) groups is 1. The summed E-state index contributed by atoms with van der Waals surface area (Å²) in [6.07, 6.45) is 1.72. The van der Waals surface area contributed by atoms with Crippen molar-refractivity contribution in [3.8, 4) is 0 Å². The van der Waals surface area contributed by atoms with Crippen molar-refractivity contribution in [3.63, 3.8) is 0 Å². The summed E-state index contributed by atoms with van der Waals surface area (Å²) >= 11 is 1.64. The van der Waals surface area contributed by atoms with E-state index in [0.29, 0.717) is 5.78 Å². The molecule has 1 aromatic heterocycles. The van der Waals surface area contributed by atoms with E-state index in [1.165, 1.54) is 5.69 Å². The van der Waals surface area contributed by atoms with Crippen LogP contribution in [0.1, 0.15) is 19.0 Å². The predicted molar refractivity (Wildman–Crippen MR) is 61.0 cm³/mol. The second-order valence-electron chi connectivity index (χ2n) is 4.15. The molecule has 1 unspecified atom stereocenters. The second kappa shape index (κ2) is 4.86. The quantitative estimate of drug-likeness (QED) is 0.782. The molecule has 0 bridgehead atoms. The lowest BCUT2D eigenvalue weighted by Gasteiger charge is -2.29. The highest BCUT2D eigenvalue weighted by Crippen LogP contribution is 2.13. The van der Waals surface area contributed by atoms with Gasteiger partial charge in [-0.05, 0) is 0 Å². The molecule has 15 heavy (non-hydrogen) atoms. The van der Waals surface area contributed by atoms with E-state index >= 15 is 0 Å². The van der Waals surface area contributed by atoms with Gasteiger partial charge < -0.3 is 4.90 Å². The maximum absolute atomic E-state index is 11.3. The van der Waals surface area contributed by atoms with Crippen molar-refractivity contribution >= 4 is 17.1 Å². The molecule has 1 saturated heterocycles. The summed E-state index contributed by atoms with van der Waals surface area (Å²) in [5, 5.41) is 2.10. The molecular weight excluding hydrogens is 208 g/mol. The Kier molecular flexibility index (Phi) is 3.49. The van der Waals surface area contributed by atoms with Crippen LogP contribution in [-0.4, -0.2) is 35.3 Å². The number of likely N-dealkylation sites (tertiary alicyclic amines) is 1. The van der Waals surface area contributed by atoms with Crippen LogP contribution in [0.4, 0.5) is 0 Å². The summed E-state index contributed by atoms with van der Waals surface area (Å²) in [7, 11) is 0. The van der Waals surface area contributed by atoms with E-state index in [4.69, 9.17) is 0 Å². The molecule has 0 N–H and O–H groups in total. The average molecular weight is 224 g/mol. The van der Waals surface area contributed by atoms with Gasteiger partial charge in [0.2, 0.25) is 0 Å². The van der Waals surface area contributed by atoms with Crippen LogP contribution >= 0.6 is 11.3 Å². The van der Waals surface area contributed by atoms with Gasteiger partial charge in [0.05, 0.1) is 11.2 Å². The Labute approximate surface area is 94.1 Å². The molecule has 82 valence electrons. The molecular formula is C11H16N2OS. The summed E-state index contributed by atoms with van der Waals surface area (Å²) in [6, 6.07) is 0. The highest BCUT2D eigenvalue weighted by molar-refractivity contribution is 7.07. The summed E-state index contributed by atoms with van der Waals surface area (Å²) in [6.45, 7) is 4.90. The third-order valence-corrected chi connectivity index (χ3v) is 3.56. The third kappa shape index (κ3) is 2.86. The maximum Gasteiger partial charge on any atom is 0.138 e. The minimum atomic E-state index is 0.217. The Bertz CT molecular complexity index is 323. The number of rotatable bonds is 3. The van der Waals surface area contributed by atoms with Crippen LogP contribution in [0.3, 0.4) is 0 Å². The second-order valence-corrected chi connectivity index (χ2v) is 4.87. The molecule has 4 heteroatoms. The third-order valence-electron chi connectivity index (χ3n) is 2.92. The van der Waals surface area contributed by atoms with Crippen LogP contribution in [-0.2, 0) is 11.2 Å². The summed E-state index contributed by atoms with van der Waals surface area (Å²) in [4.78, 5) is 18.0. The molecule has 3 nitrogen and oxygen atoms in total. The fourth-order valence-corrected chi connectivity index (χ4v) is 2.52. The molecule has 2 rings (SSSR count). The summed E-state index contributed by atoms with van der Waals surface area (Å²) in [5.74, 6) is 0.633. The largest absolute Gasteiger partial charge is 0.302 e. The highest BCUT2D eigenvalue weighted by Gasteiger charge is 2.22. The fraction of sp³-hybridized carbons (Fsp3) is 0.636. The number of aromatic nitrogens is 1. The number of thiazole rings is 1. The van der Waals surface area contributed by atoms with Crippen molar-refractivity contribution in [2.24, 2.45) is 5.92 Å². The Morgan fingerprint density at radius 2 is 2.53 bits per heavy atom. The first-order chi connectivity index (χ1) is 7.25. The van der Waals surface area contributed by atoms with Gasteiger partial charge in [0.1, 0.15) is 5.78 Å². The van der Waals surface area contributed by atoms with Gasteiger partial charge in [0.15, 0.2) is 0 Å². The molecule has 0 spiro atoms. The molecule has 1 aliphatic heterocycles. The van der Waals surface area contributed by atoms with E-state index in [1.54, 1.807) is 11.3 Å². The van der Waals surface area contributed by atoms with Gasteiger partial charge in [-0.25, -0.2) is 4.98 Å². The van der Waals surface area contributed by atoms with Crippen LogP contribution in [0.15, 0.2) is 10.9 Å². The number of nitrogens with zero attached hydrogens (tertiary/aromatic N) is 2. The van der Waals surface area contributed by atoms with Crippen LogP contribution in [0.2, 0.25) is 0 Å². The number of piperidine rings is 1. The standard InChI is InChI=1S/C11H16N2OS/c1-9-6-13(5-3-11(9)14)4-2-10-7-15-8-12-10/h7-9H,2-6H2,1H3. The average Bonchev–Trinajstić information content (AvgIpc) is 2.73. The van der Waals surface area contributed by atoms with Crippen molar-refractivity contribution in [1.29, 1.82) is 0 Å². The van der Waals surface area contributed by atoms with E-state index in [2.05, 4.69) is 15.3 Å². The van der Waals surface area contributed by atoms with E-state index < -0.39 is 0 Å². The van der Waals surface area contributed by atoms with Gasteiger partial charge in [-0.3, -0.25) is 4.79 Å². The molecule has 1 aliphatic rings. The van der Waals surface area contributed by atoms with Crippen molar-refractivity contribution < 1.29 is 4.79 Å². The Morgan fingerprint density at radius 3 is 3.20 bits per heavy atom. The lowest BCUT2D eigenvalue weighted by atomic mass is 9.98. The smallest absolute Gasteiger partial charge is 0.138 e. The molecule has 0 aliphatic carbocycles. The van der Waals surface area contributed by atoms with Gasteiger partial charge >= 0.3 is 0 Å². The fourth-order valence-electron chi connectivity index (χ4n) is 1.93. The number of ketones is 1. The van der Waals surface area contributed by atoms with Crippen LogP contribution in [0.5, 0.6) is 0 Å². The normalized spacial score (nSPS) is 23.3. The van der Waals surface area contributed by atoms with Crippen molar-refractivity contribution in [3.05, 3.63) is 16.6 Å².